The number of nitro groups is 1. The first kappa shape index (κ1) is 14.8. The molecule has 0 radical (unpaired) electrons. The van der Waals surface area contributed by atoms with Crippen molar-refractivity contribution in [3.8, 4) is 5.75 Å². The van der Waals surface area contributed by atoms with Crippen molar-refractivity contribution in [3.05, 3.63) is 68.7 Å². The van der Waals surface area contributed by atoms with Crippen molar-refractivity contribution in [1.29, 1.82) is 0 Å². The van der Waals surface area contributed by atoms with Crippen LogP contribution in [0, 0.1) is 10.1 Å². The van der Waals surface area contributed by atoms with Crippen molar-refractivity contribution in [1.82, 2.24) is 0 Å². The summed E-state index contributed by atoms with van der Waals surface area (Å²) in [5.41, 5.74) is 0.560. The molecule has 7 heteroatoms. The van der Waals surface area contributed by atoms with E-state index in [9.17, 15) is 15.2 Å². The van der Waals surface area contributed by atoms with Crippen LogP contribution in [0.3, 0.4) is 0 Å². The fourth-order valence-corrected chi connectivity index (χ4v) is 1.84. The van der Waals surface area contributed by atoms with E-state index in [2.05, 4.69) is 5.16 Å². The highest BCUT2D eigenvalue weighted by atomic mass is 35.5. The second kappa shape index (κ2) is 6.71. The molecule has 2 aromatic rings. The van der Waals surface area contributed by atoms with Gasteiger partial charge in [-0.05, 0) is 11.6 Å². The molecule has 0 bridgehead atoms. The lowest BCUT2D eigenvalue weighted by Gasteiger charge is -2.02. The van der Waals surface area contributed by atoms with Crippen LogP contribution < -0.4 is 0 Å². The highest BCUT2D eigenvalue weighted by Gasteiger charge is 2.17. The van der Waals surface area contributed by atoms with Gasteiger partial charge in [-0.15, -0.1) is 0 Å². The molecule has 0 aliphatic heterocycles. The third-order valence-corrected chi connectivity index (χ3v) is 2.84. The maximum atomic E-state index is 10.8. The molecule has 2 rings (SSSR count). The summed E-state index contributed by atoms with van der Waals surface area (Å²) in [5.74, 6) is -0.503. The number of phenols is 1. The largest absolute Gasteiger partial charge is 0.502 e. The Morgan fingerprint density at radius 2 is 2.05 bits per heavy atom. The van der Waals surface area contributed by atoms with E-state index in [0.29, 0.717) is 0 Å². The lowest BCUT2D eigenvalue weighted by molar-refractivity contribution is -0.385. The summed E-state index contributed by atoms with van der Waals surface area (Å²) in [7, 11) is 0. The highest BCUT2D eigenvalue weighted by molar-refractivity contribution is 6.31. The van der Waals surface area contributed by atoms with Crippen LogP contribution in [0.4, 0.5) is 5.69 Å². The normalized spacial score (nSPS) is 10.7. The quantitative estimate of drug-likeness (QED) is 0.520. The molecule has 0 aromatic heterocycles. The first-order valence-electron chi connectivity index (χ1n) is 5.94. The van der Waals surface area contributed by atoms with E-state index in [0.717, 1.165) is 11.6 Å². The molecule has 0 spiro atoms. The van der Waals surface area contributed by atoms with Gasteiger partial charge in [-0.25, -0.2) is 0 Å². The Hall–Kier alpha value is -2.60. The van der Waals surface area contributed by atoms with Gasteiger partial charge in [-0.3, -0.25) is 10.1 Å². The van der Waals surface area contributed by atoms with Crippen LogP contribution in [0.1, 0.15) is 11.1 Å². The number of hydrogen-bond donors (Lipinski definition) is 1. The second-order valence-electron chi connectivity index (χ2n) is 4.11. The molecule has 1 N–H and O–H groups in total. The zero-order valence-corrected chi connectivity index (χ0v) is 11.5. The van der Waals surface area contributed by atoms with Crippen LogP contribution in [0.15, 0.2) is 47.6 Å². The summed E-state index contributed by atoms with van der Waals surface area (Å²) >= 11 is 5.76. The van der Waals surface area contributed by atoms with Crippen molar-refractivity contribution in [2.24, 2.45) is 5.16 Å². The van der Waals surface area contributed by atoms with Gasteiger partial charge in [0.1, 0.15) is 6.61 Å². The van der Waals surface area contributed by atoms with Crippen molar-refractivity contribution in [2.75, 3.05) is 0 Å². The van der Waals surface area contributed by atoms with Gasteiger partial charge in [0, 0.05) is 16.7 Å². The Balaban J connectivity index is 2.09. The molecule has 0 aliphatic carbocycles. The molecule has 2 aromatic carbocycles. The van der Waals surface area contributed by atoms with E-state index in [1.807, 2.05) is 30.3 Å². The monoisotopic (exact) mass is 306 g/mol. The van der Waals surface area contributed by atoms with Gasteiger partial charge in [0.2, 0.25) is 5.75 Å². The number of oxime groups is 1. The Morgan fingerprint density at radius 3 is 2.71 bits per heavy atom. The van der Waals surface area contributed by atoms with Crippen LogP contribution in [-0.4, -0.2) is 16.2 Å². The number of halogens is 1. The van der Waals surface area contributed by atoms with Gasteiger partial charge in [-0.1, -0.05) is 47.1 Å². The van der Waals surface area contributed by atoms with Gasteiger partial charge in [-0.2, -0.15) is 0 Å². The third kappa shape index (κ3) is 3.93. The van der Waals surface area contributed by atoms with Crippen molar-refractivity contribution < 1.29 is 14.9 Å². The van der Waals surface area contributed by atoms with Gasteiger partial charge in [0.05, 0.1) is 11.1 Å². The SMILES string of the molecule is O=[N+]([O-])c1cc(Cl)cc(C=NOCc2ccccc2)c1O. The molecule has 0 atom stereocenters. The number of nitrogens with zero attached hydrogens (tertiary/aromatic N) is 2. The zero-order chi connectivity index (χ0) is 15.2. The van der Waals surface area contributed by atoms with Gasteiger partial charge in [0.15, 0.2) is 0 Å². The van der Waals surface area contributed by atoms with E-state index in [1.54, 1.807) is 0 Å². The summed E-state index contributed by atoms with van der Waals surface area (Å²) in [4.78, 5) is 15.1. The van der Waals surface area contributed by atoms with Crippen LogP contribution in [0.2, 0.25) is 5.02 Å². The Kier molecular flexibility index (Phi) is 4.73. The van der Waals surface area contributed by atoms with E-state index >= 15 is 0 Å². The van der Waals surface area contributed by atoms with Crippen LogP contribution >= 0.6 is 11.6 Å². The number of phenolic OH excluding ortho intramolecular Hbond substituents is 1. The highest BCUT2D eigenvalue weighted by Crippen LogP contribution is 2.32. The van der Waals surface area contributed by atoms with Crippen LogP contribution in [0.5, 0.6) is 5.75 Å². The minimum Gasteiger partial charge on any atom is -0.502 e. The minimum absolute atomic E-state index is 0.113. The molecule has 21 heavy (non-hydrogen) atoms. The number of hydrogen-bond acceptors (Lipinski definition) is 5. The summed E-state index contributed by atoms with van der Waals surface area (Å²) in [6.07, 6.45) is 1.18. The Labute approximate surface area is 125 Å². The number of benzene rings is 2. The van der Waals surface area contributed by atoms with Crippen LogP contribution in [0.25, 0.3) is 0 Å². The topological polar surface area (TPSA) is 85.0 Å². The predicted molar refractivity (Wildman–Crippen MR) is 78.6 cm³/mol. The number of nitro benzene ring substituents is 1. The summed E-state index contributed by atoms with van der Waals surface area (Å²) in [6.45, 7) is 0.251. The number of aromatic hydroxyl groups is 1. The van der Waals surface area contributed by atoms with Gasteiger partial charge < -0.3 is 9.94 Å². The average molecular weight is 307 g/mol. The number of rotatable bonds is 5. The maximum Gasteiger partial charge on any atom is 0.312 e. The standard InChI is InChI=1S/C14H11ClN2O4/c15-12-6-11(14(18)13(7-12)17(19)20)8-16-21-9-10-4-2-1-3-5-10/h1-8,18H,9H2. The molecular weight excluding hydrogens is 296 g/mol. The first-order valence-corrected chi connectivity index (χ1v) is 6.32. The minimum atomic E-state index is -0.719. The lowest BCUT2D eigenvalue weighted by atomic mass is 10.2. The smallest absolute Gasteiger partial charge is 0.312 e. The molecule has 0 saturated heterocycles. The summed E-state index contributed by atoms with van der Waals surface area (Å²) in [5, 5.41) is 24.3. The average Bonchev–Trinajstić information content (AvgIpc) is 2.47. The van der Waals surface area contributed by atoms with Gasteiger partial charge in [0.25, 0.3) is 0 Å². The van der Waals surface area contributed by atoms with E-state index < -0.39 is 16.4 Å². The van der Waals surface area contributed by atoms with E-state index in [1.165, 1.54) is 12.3 Å². The Bertz CT molecular complexity index is 674. The van der Waals surface area contributed by atoms with Crippen LogP contribution in [-0.2, 0) is 11.4 Å². The Morgan fingerprint density at radius 1 is 1.33 bits per heavy atom. The molecule has 0 heterocycles. The van der Waals surface area contributed by atoms with E-state index in [4.69, 9.17) is 16.4 Å². The van der Waals surface area contributed by atoms with E-state index in [-0.39, 0.29) is 17.2 Å². The van der Waals surface area contributed by atoms with Crippen molar-refractivity contribution in [3.63, 3.8) is 0 Å². The predicted octanol–water partition coefficient (Wildman–Crippen LogP) is 3.50. The van der Waals surface area contributed by atoms with Crippen molar-refractivity contribution >= 4 is 23.5 Å². The second-order valence-corrected chi connectivity index (χ2v) is 4.55. The summed E-state index contributed by atoms with van der Waals surface area (Å²) in [6, 6.07) is 11.8. The molecule has 0 amide bonds. The molecule has 0 saturated carbocycles. The summed E-state index contributed by atoms with van der Waals surface area (Å²) < 4.78 is 0. The first-order chi connectivity index (χ1) is 10.1. The van der Waals surface area contributed by atoms with Gasteiger partial charge >= 0.3 is 5.69 Å². The molecule has 0 aliphatic rings. The molecule has 0 fully saturated rings. The molecule has 108 valence electrons. The molecule has 6 nitrogen and oxygen atoms in total. The zero-order valence-electron chi connectivity index (χ0n) is 10.8. The maximum absolute atomic E-state index is 10.8. The molecule has 0 unspecified atom stereocenters. The third-order valence-electron chi connectivity index (χ3n) is 2.62. The lowest BCUT2D eigenvalue weighted by Crippen LogP contribution is -1.93. The van der Waals surface area contributed by atoms with Crippen molar-refractivity contribution in [2.45, 2.75) is 6.61 Å². The fourth-order valence-electron chi connectivity index (χ4n) is 1.62. The molecular formula is C14H11ClN2O4. The fraction of sp³-hybridized carbons (Fsp3) is 0.0714.